The Labute approximate surface area is 129 Å². The maximum Gasteiger partial charge on any atom is 0.253 e. The van der Waals surface area contributed by atoms with Gasteiger partial charge in [0, 0.05) is 29.9 Å². The van der Waals surface area contributed by atoms with E-state index in [9.17, 15) is 9.59 Å². The molecule has 0 unspecified atom stereocenters. The van der Waals surface area contributed by atoms with Crippen molar-refractivity contribution >= 4 is 5.91 Å². The fourth-order valence-electron chi connectivity index (χ4n) is 3.04. The highest BCUT2D eigenvalue weighted by molar-refractivity contribution is 6.02. The fourth-order valence-corrected chi connectivity index (χ4v) is 3.04. The Morgan fingerprint density at radius 1 is 1.23 bits per heavy atom. The zero-order valence-corrected chi connectivity index (χ0v) is 12.9. The summed E-state index contributed by atoms with van der Waals surface area (Å²) in [5, 5.41) is 2.96. The molecule has 0 saturated heterocycles. The average molecular weight is 296 g/mol. The van der Waals surface area contributed by atoms with Crippen molar-refractivity contribution in [2.24, 2.45) is 0 Å². The largest absolute Gasteiger partial charge is 0.350 e. The van der Waals surface area contributed by atoms with Crippen molar-refractivity contribution in [3.8, 4) is 11.1 Å². The molecule has 2 aromatic rings. The van der Waals surface area contributed by atoms with E-state index >= 15 is 0 Å². The number of fused-ring (bicyclic) bond motifs is 1. The van der Waals surface area contributed by atoms with Gasteiger partial charge >= 0.3 is 0 Å². The molecule has 22 heavy (non-hydrogen) atoms. The number of benzene rings is 1. The van der Waals surface area contributed by atoms with Crippen LogP contribution in [-0.4, -0.2) is 16.5 Å². The van der Waals surface area contributed by atoms with Crippen LogP contribution < -0.4 is 10.9 Å². The molecule has 4 nitrogen and oxygen atoms in total. The first-order valence-electron chi connectivity index (χ1n) is 7.71. The first-order valence-corrected chi connectivity index (χ1v) is 7.71. The van der Waals surface area contributed by atoms with Gasteiger partial charge in [0.2, 0.25) is 0 Å². The predicted octanol–water partition coefficient (Wildman–Crippen LogP) is 2.60. The molecule has 0 bridgehead atoms. The van der Waals surface area contributed by atoms with Gasteiger partial charge in [0.1, 0.15) is 0 Å². The van der Waals surface area contributed by atoms with Gasteiger partial charge in [-0.2, -0.15) is 0 Å². The lowest BCUT2D eigenvalue weighted by molar-refractivity contribution is 0.0942. The first-order chi connectivity index (χ1) is 10.6. The van der Waals surface area contributed by atoms with Crippen molar-refractivity contribution < 1.29 is 4.79 Å². The summed E-state index contributed by atoms with van der Waals surface area (Å²) in [5.74, 6) is -0.0977. The maximum atomic E-state index is 12.7. The molecule has 1 aromatic heterocycles. The van der Waals surface area contributed by atoms with E-state index in [-0.39, 0.29) is 17.5 Å². The molecule has 3 rings (SSSR count). The molecular formula is C18H20N2O2. The Hall–Kier alpha value is -2.36. The third-order valence-corrected chi connectivity index (χ3v) is 3.94. The number of nitrogens with zero attached hydrogens (tertiary/aromatic N) is 1. The number of aromatic nitrogens is 1. The summed E-state index contributed by atoms with van der Waals surface area (Å²) >= 11 is 0. The highest BCUT2D eigenvalue weighted by atomic mass is 16.2. The number of amides is 1. The lowest BCUT2D eigenvalue weighted by Gasteiger charge is -2.17. The van der Waals surface area contributed by atoms with Crippen LogP contribution in [0.25, 0.3) is 11.1 Å². The van der Waals surface area contributed by atoms with Crippen LogP contribution in [0.4, 0.5) is 0 Å². The third-order valence-electron chi connectivity index (χ3n) is 3.94. The summed E-state index contributed by atoms with van der Waals surface area (Å²) in [6.45, 7) is 4.58. The molecule has 0 radical (unpaired) electrons. The van der Waals surface area contributed by atoms with Gasteiger partial charge in [-0.1, -0.05) is 30.3 Å². The zero-order chi connectivity index (χ0) is 15.7. The molecule has 0 aliphatic carbocycles. The third kappa shape index (κ3) is 2.56. The lowest BCUT2D eigenvalue weighted by Crippen LogP contribution is -2.33. The van der Waals surface area contributed by atoms with Crippen LogP contribution in [0.3, 0.4) is 0 Å². The highest BCUT2D eigenvalue weighted by Gasteiger charge is 2.25. The number of pyridine rings is 1. The number of rotatable bonds is 3. The van der Waals surface area contributed by atoms with Gasteiger partial charge in [0.25, 0.3) is 11.5 Å². The molecule has 114 valence electrons. The molecule has 0 atom stereocenters. The smallest absolute Gasteiger partial charge is 0.253 e. The number of hydrogen-bond acceptors (Lipinski definition) is 2. The van der Waals surface area contributed by atoms with E-state index in [0.29, 0.717) is 12.1 Å². The summed E-state index contributed by atoms with van der Waals surface area (Å²) in [7, 11) is 0. The summed E-state index contributed by atoms with van der Waals surface area (Å²) in [6, 6.07) is 11.3. The van der Waals surface area contributed by atoms with Crippen molar-refractivity contribution in [1.29, 1.82) is 0 Å². The minimum atomic E-state index is -0.0977. The molecule has 0 saturated carbocycles. The monoisotopic (exact) mass is 296 g/mol. The summed E-state index contributed by atoms with van der Waals surface area (Å²) < 4.78 is 1.74. The van der Waals surface area contributed by atoms with Crippen LogP contribution in [-0.2, 0) is 13.0 Å². The second-order valence-electron chi connectivity index (χ2n) is 5.97. The van der Waals surface area contributed by atoms with Crippen LogP contribution in [0, 0.1) is 0 Å². The Kier molecular flexibility index (Phi) is 3.84. The summed E-state index contributed by atoms with van der Waals surface area (Å²) in [5.41, 5.74) is 3.13. The first kappa shape index (κ1) is 14.6. The van der Waals surface area contributed by atoms with Gasteiger partial charge < -0.3 is 9.88 Å². The van der Waals surface area contributed by atoms with E-state index < -0.39 is 0 Å². The van der Waals surface area contributed by atoms with Crippen molar-refractivity contribution in [1.82, 2.24) is 9.88 Å². The van der Waals surface area contributed by atoms with Gasteiger partial charge in [0.15, 0.2) is 0 Å². The van der Waals surface area contributed by atoms with Crippen molar-refractivity contribution in [2.45, 2.75) is 39.3 Å². The molecule has 0 spiro atoms. The van der Waals surface area contributed by atoms with E-state index in [2.05, 4.69) is 5.32 Å². The molecular weight excluding hydrogens is 276 g/mol. The molecule has 4 heteroatoms. The van der Waals surface area contributed by atoms with Crippen LogP contribution >= 0.6 is 0 Å². The maximum absolute atomic E-state index is 12.7. The molecule has 2 heterocycles. The second-order valence-corrected chi connectivity index (χ2v) is 5.97. The van der Waals surface area contributed by atoms with Crippen LogP contribution in [0.5, 0.6) is 0 Å². The minimum Gasteiger partial charge on any atom is -0.350 e. The molecule has 1 amide bonds. The second kappa shape index (κ2) is 5.79. The Morgan fingerprint density at radius 2 is 1.95 bits per heavy atom. The van der Waals surface area contributed by atoms with Gasteiger partial charge in [-0.15, -0.1) is 0 Å². The number of nitrogens with one attached hydrogen (secondary N) is 1. The number of carbonyl (C=O) groups excluding carboxylic acids is 1. The van der Waals surface area contributed by atoms with E-state index in [1.165, 1.54) is 0 Å². The average Bonchev–Trinajstić information content (AvgIpc) is 2.97. The number of hydrogen-bond donors (Lipinski definition) is 1. The molecule has 1 aliphatic heterocycles. The Morgan fingerprint density at radius 3 is 2.64 bits per heavy atom. The van der Waals surface area contributed by atoms with E-state index in [1.807, 2.05) is 44.2 Å². The molecule has 0 fully saturated rings. The SMILES string of the molecule is CC(C)NC(=O)c1c(-c2ccccc2)cc(=O)n2c1CCC2. The van der Waals surface area contributed by atoms with Gasteiger partial charge in [-0.3, -0.25) is 9.59 Å². The van der Waals surface area contributed by atoms with Crippen LogP contribution in [0.1, 0.15) is 36.3 Å². The topological polar surface area (TPSA) is 51.1 Å². The lowest BCUT2D eigenvalue weighted by atomic mass is 9.97. The standard InChI is InChI=1S/C18H20N2O2/c1-12(2)19-18(22)17-14(13-7-4-3-5-8-13)11-16(21)20-10-6-9-15(17)20/h3-5,7-8,11-12H,6,9-10H2,1-2H3,(H,19,22). The Balaban J connectivity index is 2.23. The van der Waals surface area contributed by atoms with Gasteiger partial charge in [0.05, 0.1) is 5.56 Å². The van der Waals surface area contributed by atoms with Crippen molar-refractivity contribution in [3.05, 3.63) is 58.0 Å². The number of carbonyl (C=O) groups is 1. The van der Waals surface area contributed by atoms with Crippen molar-refractivity contribution in [2.75, 3.05) is 0 Å². The Bertz CT molecular complexity index is 761. The highest BCUT2D eigenvalue weighted by Crippen LogP contribution is 2.28. The summed E-state index contributed by atoms with van der Waals surface area (Å²) in [4.78, 5) is 25.0. The molecule has 1 aromatic carbocycles. The normalized spacial score (nSPS) is 13.2. The quantitative estimate of drug-likeness (QED) is 0.946. The van der Waals surface area contributed by atoms with E-state index in [0.717, 1.165) is 29.7 Å². The molecule has 1 N–H and O–H groups in total. The van der Waals surface area contributed by atoms with Crippen LogP contribution in [0.15, 0.2) is 41.2 Å². The van der Waals surface area contributed by atoms with E-state index in [1.54, 1.807) is 10.6 Å². The fraction of sp³-hybridized carbons (Fsp3) is 0.333. The van der Waals surface area contributed by atoms with Gasteiger partial charge in [-0.05, 0) is 32.3 Å². The predicted molar refractivity (Wildman–Crippen MR) is 87.1 cm³/mol. The van der Waals surface area contributed by atoms with Gasteiger partial charge in [-0.25, -0.2) is 0 Å². The zero-order valence-electron chi connectivity index (χ0n) is 12.9. The molecule has 1 aliphatic rings. The summed E-state index contributed by atoms with van der Waals surface area (Å²) in [6.07, 6.45) is 1.69. The van der Waals surface area contributed by atoms with E-state index in [4.69, 9.17) is 0 Å². The minimum absolute atomic E-state index is 0.0209. The van der Waals surface area contributed by atoms with Crippen LogP contribution in [0.2, 0.25) is 0 Å². The van der Waals surface area contributed by atoms with Crippen molar-refractivity contribution in [3.63, 3.8) is 0 Å².